The van der Waals surface area contributed by atoms with E-state index in [2.05, 4.69) is 0 Å². The Kier molecular flexibility index (Phi) is 6.52. The van der Waals surface area contributed by atoms with Crippen LogP contribution >= 0.6 is 0 Å². The van der Waals surface area contributed by atoms with Crippen LogP contribution in [0.25, 0.3) is 0 Å². The minimum absolute atomic E-state index is 0.131. The molecule has 1 aliphatic rings. The van der Waals surface area contributed by atoms with Gasteiger partial charge < -0.3 is 20.1 Å². The number of amides is 1. The molecule has 5 heteroatoms. The number of hydrogen-bond donors (Lipinski definition) is 1. The van der Waals surface area contributed by atoms with Crippen molar-refractivity contribution < 1.29 is 14.3 Å². The van der Waals surface area contributed by atoms with E-state index < -0.39 is 0 Å². The summed E-state index contributed by atoms with van der Waals surface area (Å²) in [6.07, 6.45) is 3.22. The van der Waals surface area contributed by atoms with E-state index in [0.717, 1.165) is 30.9 Å². The van der Waals surface area contributed by atoms with E-state index >= 15 is 0 Å². The second kappa shape index (κ2) is 8.63. The molecule has 0 spiro atoms. The van der Waals surface area contributed by atoms with Crippen LogP contribution in [0, 0.1) is 0 Å². The number of nitrogens with two attached hydrogens (primary N) is 1. The lowest BCUT2D eigenvalue weighted by molar-refractivity contribution is -0.132. The lowest BCUT2D eigenvalue weighted by Gasteiger charge is -2.30. The summed E-state index contributed by atoms with van der Waals surface area (Å²) in [5.74, 6) is 1.66. The van der Waals surface area contributed by atoms with Crippen LogP contribution in [0.1, 0.15) is 32.6 Å². The molecule has 0 aromatic heterocycles. The van der Waals surface area contributed by atoms with Gasteiger partial charge in [0.15, 0.2) is 11.5 Å². The third kappa shape index (κ3) is 4.91. The maximum Gasteiger partial charge on any atom is 0.222 e. The molecule has 0 radical (unpaired) electrons. The number of likely N-dealkylation sites (tertiary alicyclic amines) is 1. The average Bonchev–Trinajstić information content (AvgIpc) is 2.53. The number of piperidine rings is 1. The maximum atomic E-state index is 12.1. The molecular weight excluding hydrogens is 280 g/mol. The molecule has 1 aromatic carbocycles. The third-order valence-electron chi connectivity index (χ3n) is 3.75. The number of rotatable bonds is 7. The van der Waals surface area contributed by atoms with Gasteiger partial charge in [-0.2, -0.15) is 0 Å². The SMILES string of the molecule is CCOc1ccccc1OCCCC(=O)N1CCC[C@H](N)C1. The Morgan fingerprint density at radius 1 is 1.32 bits per heavy atom. The van der Waals surface area contributed by atoms with Crippen LogP contribution in [0.4, 0.5) is 0 Å². The van der Waals surface area contributed by atoms with Crippen LogP contribution in [0.5, 0.6) is 11.5 Å². The zero-order valence-electron chi connectivity index (χ0n) is 13.3. The summed E-state index contributed by atoms with van der Waals surface area (Å²) in [4.78, 5) is 14.0. The first kappa shape index (κ1) is 16.6. The zero-order valence-corrected chi connectivity index (χ0v) is 13.3. The van der Waals surface area contributed by atoms with E-state index in [-0.39, 0.29) is 11.9 Å². The van der Waals surface area contributed by atoms with Crippen LogP contribution in [-0.4, -0.2) is 43.2 Å². The van der Waals surface area contributed by atoms with Gasteiger partial charge in [-0.05, 0) is 38.3 Å². The highest BCUT2D eigenvalue weighted by atomic mass is 16.5. The Morgan fingerprint density at radius 2 is 2.05 bits per heavy atom. The zero-order chi connectivity index (χ0) is 15.8. The van der Waals surface area contributed by atoms with E-state index in [0.29, 0.717) is 32.6 Å². The summed E-state index contributed by atoms with van der Waals surface area (Å²) in [5, 5.41) is 0. The summed E-state index contributed by atoms with van der Waals surface area (Å²) >= 11 is 0. The van der Waals surface area contributed by atoms with Crippen molar-refractivity contribution in [3.63, 3.8) is 0 Å². The molecule has 2 rings (SSSR count). The molecule has 0 saturated carbocycles. The molecule has 5 nitrogen and oxygen atoms in total. The van der Waals surface area contributed by atoms with Crippen molar-refractivity contribution in [1.29, 1.82) is 0 Å². The van der Waals surface area contributed by atoms with Gasteiger partial charge in [-0.15, -0.1) is 0 Å². The van der Waals surface area contributed by atoms with Crippen LogP contribution in [0.3, 0.4) is 0 Å². The monoisotopic (exact) mass is 306 g/mol. The first-order valence-electron chi connectivity index (χ1n) is 8.08. The van der Waals surface area contributed by atoms with Crippen LogP contribution in [0.2, 0.25) is 0 Å². The largest absolute Gasteiger partial charge is 0.490 e. The number of carbonyl (C=O) groups excluding carboxylic acids is 1. The van der Waals surface area contributed by atoms with Crippen molar-refractivity contribution in [2.75, 3.05) is 26.3 Å². The average molecular weight is 306 g/mol. The van der Waals surface area contributed by atoms with Gasteiger partial charge in [0.25, 0.3) is 0 Å². The molecule has 122 valence electrons. The van der Waals surface area contributed by atoms with Gasteiger partial charge in [0.1, 0.15) is 0 Å². The fourth-order valence-corrected chi connectivity index (χ4v) is 2.64. The minimum atomic E-state index is 0.131. The lowest BCUT2D eigenvalue weighted by atomic mass is 10.1. The second-order valence-electron chi connectivity index (χ2n) is 5.57. The summed E-state index contributed by atoms with van der Waals surface area (Å²) in [6, 6.07) is 7.74. The molecule has 2 N–H and O–H groups in total. The first-order valence-corrected chi connectivity index (χ1v) is 8.08. The topological polar surface area (TPSA) is 64.8 Å². The molecule has 1 atom stereocenters. The molecule has 1 saturated heterocycles. The molecule has 0 aliphatic carbocycles. The molecule has 0 unspecified atom stereocenters. The number of ether oxygens (including phenoxy) is 2. The highest BCUT2D eigenvalue weighted by Crippen LogP contribution is 2.26. The van der Waals surface area contributed by atoms with E-state index in [4.69, 9.17) is 15.2 Å². The van der Waals surface area contributed by atoms with Gasteiger partial charge in [0, 0.05) is 25.6 Å². The smallest absolute Gasteiger partial charge is 0.222 e. The number of nitrogens with zero attached hydrogens (tertiary/aromatic N) is 1. The van der Waals surface area contributed by atoms with Gasteiger partial charge in [0.2, 0.25) is 5.91 Å². The number of hydrogen-bond acceptors (Lipinski definition) is 4. The number of para-hydroxylation sites is 2. The summed E-state index contributed by atoms with van der Waals surface area (Å²) in [6.45, 7) is 4.58. The van der Waals surface area contributed by atoms with Gasteiger partial charge in [-0.1, -0.05) is 12.1 Å². The predicted molar refractivity (Wildman–Crippen MR) is 86.1 cm³/mol. The van der Waals surface area contributed by atoms with Crippen LogP contribution < -0.4 is 15.2 Å². The Bertz CT molecular complexity index is 479. The summed E-state index contributed by atoms with van der Waals surface area (Å²) in [5.41, 5.74) is 5.91. The quantitative estimate of drug-likeness (QED) is 0.784. The minimum Gasteiger partial charge on any atom is -0.490 e. The Balaban J connectivity index is 1.71. The Morgan fingerprint density at radius 3 is 2.73 bits per heavy atom. The highest BCUT2D eigenvalue weighted by molar-refractivity contribution is 5.76. The van der Waals surface area contributed by atoms with Gasteiger partial charge >= 0.3 is 0 Å². The van der Waals surface area contributed by atoms with Crippen LogP contribution in [-0.2, 0) is 4.79 Å². The normalized spacial score (nSPS) is 18.1. The molecule has 0 bridgehead atoms. The molecule has 1 aliphatic heterocycles. The van der Waals surface area contributed by atoms with Crippen molar-refractivity contribution in [3.8, 4) is 11.5 Å². The van der Waals surface area contributed by atoms with Crippen molar-refractivity contribution in [2.24, 2.45) is 5.73 Å². The second-order valence-corrected chi connectivity index (χ2v) is 5.57. The van der Waals surface area contributed by atoms with E-state index in [1.807, 2.05) is 36.1 Å². The van der Waals surface area contributed by atoms with E-state index in [1.54, 1.807) is 0 Å². The summed E-state index contributed by atoms with van der Waals surface area (Å²) < 4.78 is 11.2. The lowest BCUT2D eigenvalue weighted by Crippen LogP contribution is -2.45. The van der Waals surface area contributed by atoms with Crippen LogP contribution in [0.15, 0.2) is 24.3 Å². The van der Waals surface area contributed by atoms with Crippen molar-refractivity contribution >= 4 is 5.91 Å². The van der Waals surface area contributed by atoms with Gasteiger partial charge in [-0.25, -0.2) is 0 Å². The number of benzene rings is 1. The standard InChI is InChI=1S/C17H26N2O3/c1-2-21-15-8-3-4-9-16(15)22-12-6-10-17(20)19-11-5-7-14(18)13-19/h3-4,8-9,14H,2,5-7,10-13,18H2,1H3/t14-/m0/s1. The van der Waals surface area contributed by atoms with Crippen molar-refractivity contribution in [1.82, 2.24) is 4.90 Å². The van der Waals surface area contributed by atoms with Crippen molar-refractivity contribution in [2.45, 2.75) is 38.6 Å². The molecule has 1 heterocycles. The molecule has 1 amide bonds. The maximum absolute atomic E-state index is 12.1. The molecule has 22 heavy (non-hydrogen) atoms. The van der Waals surface area contributed by atoms with Gasteiger partial charge in [0.05, 0.1) is 13.2 Å². The fraction of sp³-hybridized carbons (Fsp3) is 0.588. The van der Waals surface area contributed by atoms with E-state index in [1.165, 1.54) is 0 Å². The molecule has 1 fully saturated rings. The number of carbonyl (C=O) groups is 1. The van der Waals surface area contributed by atoms with E-state index in [9.17, 15) is 4.79 Å². The Hall–Kier alpha value is -1.75. The molecule has 1 aromatic rings. The third-order valence-corrected chi connectivity index (χ3v) is 3.75. The Labute approximate surface area is 132 Å². The van der Waals surface area contributed by atoms with Crippen molar-refractivity contribution in [3.05, 3.63) is 24.3 Å². The molecular formula is C17H26N2O3. The highest BCUT2D eigenvalue weighted by Gasteiger charge is 2.20. The summed E-state index contributed by atoms with van der Waals surface area (Å²) in [7, 11) is 0. The first-order chi connectivity index (χ1) is 10.7. The predicted octanol–water partition coefficient (Wildman–Crippen LogP) is 2.19. The fourth-order valence-electron chi connectivity index (χ4n) is 2.64. The van der Waals surface area contributed by atoms with Gasteiger partial charge in [-0.3, -0.25) is 4.79 Å².